The highest BCUT2D eigenvalue weighted by Crippen LogP contribution is 2.72. The SMILES string of the molecule is CC1CC2CC3(C1)CC(C3)c1cc3c(c(N(c4ccc(-c5ccccc5)cc4)c4ccc5c6ccccc6c6ccccc6c5c4)c12)-c1cc2c(cc1C31c3ccccc3-c3ccccc31)C1CC(CC3CCC2C3)C1. The summed E-state index contributed by atoms with van der Waals surface area (Å²) in [6.45, 7) is 2.59. The lowest BCUT2D eigenvalue weighted by Crippen LogP contribution is -2.39. The molecule has 1 heteroatoms. The molecule has 76 heavy (non-hydrogen) atoms. The van der Waals surface area contributed by atoms with E-state index < -0.39 is 5.41 Å². The fourth-order valence-electron chi connectivity index (χ4n) is 18.9. The first-order valence-electron chi connectivity index (χ1n) is 29.4. The average molecular weight is 978 g/mol. The van der Waals surface area contributed by atoms with Crippen molar-refractivity contribution < 1.29 is 0 Å². The number of nitrogens with zero attached hydrogens (tertiary/aromatic N) is 1. The molecule has 4 saturated carbocycles. The Morgan fingerprint density at radius 3 is 1.68 bits per heavy atom. The molecule has 0 amide bonds. The van der Waals surface area contributed by atoms with E-state index in [9.17, 15) is 0 Å². The molecule has 20 rings (SSSR count). The molecule has 4 fully saturated rings. The molecule has 4 unspecified atom stereocenters. The van der Waals surface area contributed by atoms with Crippen LogP contribution in [0.15, 0.2) is 188 Å². The summed E-state index contributed by atoms with van der Waals surface area (Å²) in [5.41, 5.74) is 25.1. The predicted molar refractivity (Wildman–Crippen MR) is 316 cm³/mol. The maximum absolute atomic E-state index is 2.89. The molecule has 7 bridgehead atoms. The molecule has 10 aliphatic rings. The maximum Gasteiger partial charge on any atom is 0.0726 e. The minimum absolute atomic E-state index is 0.437. The molecular formula is C75H63N. The van der Waals surface area contributed by atoms with Crippen molar-refractivity contribution >= 4 is 49.4 Å². The van der Waals surface area contributed by atoms with Gasteiger partial charge in [-0.3, -0.25) is 0 Å². The first-order valence-corrected chi connectivity index (χ1v) is 29.4. The van der Waals surface area contributed by atoms with Crippen LogP contribution in [0.4, 0.5) is 17.1 Å². The van der Waals surface area contributed by atoms with Gasteiger partial charge in [0.25, 0.3) is 0 Å². The van der Waals surface area contributed by atoms with Gasteiger partial charge in [-0.05, 0) is 246 Å². The zero-order chi connectivity index (χ0) is 49.6. The summed E-state index contributed by atoms with van der Waals surface area (Å²) in [7, 11) is 0. The van der Waals surface area contributed by atoms with Gasteiger partial charge in [0.1, 0.15) is 0 Å². The van der Waals surface area contributed by atoms with Gasteiger partial charge in [0, 0.05) is 16.9 Å². The highest BCUT2D eigenvalue weighted by atomic mass is 15.2. The highest BCUT2D eigenvalue weighted by molar-refractivity contribution is 6.26. The van der Waals surface area contributed by atoms with Crippen LogP contribution in [0.3, 0.4) is 0 Å². The molecule has 1 nitrogen and oxygen atoms in total. The molecule has 0 aliphatic heterocycles. The summed E-state index contributed by atoms with van der Waals surface area (Å²) in [5.74, 6) is 4.79. The first kappa shape index (κ1) is 42.9. The predicted octanol–water partition coefficient (Wildman–Crippen LogP) is 20.2. The molecule has 0 heterocycles. The van der Waals surface area contributed by atoms with Crippen molar-refractivity contribution in [2.75, 3.05) is 4.90 Å². The van der Waals surface area contributed by atoms with Crippen molar-refractivity contribution in [3.8, 4) is 33.4 Å². The molecular weight excluding hydrogens is 915 g/mol. The minimum Gasteiger partial charge on any atom is -0.310 e. The summed E-state index contributed by atoms with van der Waals surface area (Å²) in [5, 5.41) is 7.95. The second-order valence-corrected chi connectivity index (χ2v) is 25.8. The van der Waals surface area contributed by atoms with Crippen LogP contribution in [0, 0.1) is 23.2 Å². The molecule has 0 N–H and O–H groups in total. The molecule has 0 radical (unpaired) electrons. The number of fused-ring (bicyclic) bond motifs is 16. The molecule has 368 valence electrons. The van der Waals surface area contributed by atoms with E-state index in [-0.39, 0.29) is 0 Å². The average Bonchev–Trinajstić information content (AvgIpc) is 3.30. The number of anilines is 3. The monoisotopic (exact) mass is 977 g/mol. The minimum atomic E-state index is -0.437. The van der Waals surface area contributed by atoms with Crippen LogP contribution in [0.5, 0.6) is 0 Å². The lowest BCUT2D eigenvalue weighted by atomic mass is 9.54. The first-order chi connectivity index (χ1) is 37.5. The fraction of sp³-hybridized carbons (Fsp3) is 0.280. The highest BCUT2D eigenvalue weighted by Gasteiger charge is 2.58. The number of rotatable bonds is 4. The summed E-state index contributed by atoms with van der Waals surface area (Å²) in [6, 6.07) is 74.6. The van der Waals surface area contributed by atoms with E-state index in [0.717, 1.165) is 11.8 Å². The maximum atomic E-state index is 2.89. The lowest BCUT2D eigenvalue weighted by Gasteiger charge is -2.51. The smallest absolute Gasteiger partial charge is 0.0726 e. The Bertz CT molecular complexity index is 4030. The molecule has 10 aromatic rings. The van der Waals surface area contributed by atoms with E-state index in [1.54, 1.807) is 27.8 Å². The zero-order valence-electron chi connectivity index (χ0n) is 43.7. The van der Waals surface area contributed by atoms with Gasteiger partial charge in [-0.2, -0.15) is 0 Å². The Hall–Kier alpha value is -7.22. The third-order valence-corrected chi connectivity index (χ3v) is 21.7. The molecule has 0 aromatic heterocycles. The van der Waals surface area contributed by atoms with Gasteiger partial charge < -0.3 is 4.90 Å². The van der Waals surface area contributed by atoms with Crippen molar-refractivity contribution in [1.82, 2.24) is 0 Å². The normalized spacial score (nSPS) is 26.2. The summed E-state index contributed by atoms with van der Waals surface area (Å²) < 4.78 is 0. The Labute approximate surface area is 447 Å². The van der Waals surface area contributed by atoms with Crippen molar-refractivity contribution in [1.29, 1.82) is 0 Å². The van der Waals surface area contributed by atoms with Gasteiger partial charge in [-0.25, -0.2) is 0 Å². The van der Waals surface area contributed by atoms with Crippen LogP contribution in [0.25, 0.3) is 65.7 Å². The van der Waals surface area contributed by atoms with Gasteiger partial charge >= 0.3 is 0 Å². The summed E-state index contributed by atoms with van der Waals surface area (Å²) in [4.78, 5) is 2.84. The van der Waals surface area contributed by atoms with Crippen molar-refractivity contribution in [3.05, 3.63) is 233 Å². The van der Waals surface area contributed by atoms with Crippen LogP contribution in [0.2, 0.25) is 0 Å². The molecule has 0 saturated heterocycles. The van der Waals surface area contributed by atoms with Crippen LogP contribution in [-0.2, 0) is 5.41 Å². The topological polar surface area (TPSA) is 3.24 Å². The zero-order valence-corrected chi connectivity index (χ0v) is 43.7. The Kier molecular flexibility index (Phi) is 8.74. The van der Waals surface area contributed by atoms with Crippen LogP contribution in [-0.4, -0.2) is 0 Å². The van der Waals surface area contributed by atoms with E-state index in [1.165, 1.54) is 170 Å². The molecule has 10 aromatic carbocycles. The second-order valence-electron chi connectivity index (χ2n) is 25.8. The number of hydrogen-bond acceptors (Lipinski definition) is 1. The van der Waals surface area contributed by atoms with Gasteiger partial charge in [-0.1, -0.05) is 171 Å². The van der Waals surface area contributed by atoms with Crippen molar-refractivity contribution in [3.63, 3.8) is 0 Å². The van der Waals surface area contributed by atoms with E-state index >= 15 is 0 Å². The van der Waals surface area contributed by atoms with Crippen molar-refractivity contribution in [2.24, 2.45) is 23.2 Å². The molecule has 10 aliphatic carbocycles. The lowest BCUT2D eigenvalue weighted by molar-refractivity contribution is 0.0299. The van der Waals surface area contributed by atoms with Crippen LogP contribution >= 0.6 is 0 Å². The third kappa shape index (κ3) is 5.72. The number of hydrogen-bond donors (Lipinski definition) is 0. The Morgan fingerprint density at radius 1 is 0.382 bits per heavy atom. The largest absolute Gasteiger partial charge is 0.310 e. The van der Waals surface area contributed by atoms with Gasteiger partial charge in [-0.15, -0.1) is 0 Å². The van der Waals surface area contributed by atoms with E-state index in [1.807, 2.05) is 0 Å². The van der Waals surface area contributed by atoms with Crippen molar-refractivity contribution in [2.45, 2.75) is 107 Å². The third-order valence-electron chi connectivity index (χ3n) is 21.7. The van der Waals surface area contributed by atoms with Crippen LogP contribution in [0.1, 0.15) is 146 Å². The molecule has 2 spiro atoms. The van der Waals surface area contributed by atoms with E-state index in [2.05, 4.69) is 200 Å². The Balaban J connectivity index is 1.00. The van der Waals surface area contributed by atoms with E-state index in [0.29, 0.717) is 35.0 Å². The second kappa shape index (κ2) is 15.5. The summed E-state index contributed by atoms with van der Waals surface area (Å²) >= 11 is 0. The standard InChI is InChI=1S/C75H63N/c1-44-31-51-41-74(40-44)42-52(43-74)64-39-70-72(66-37-62-49-24-23-45(33-49)32-46-34-50(35-46)63(62)38-69(66)75(70)67-21-11-9-19-60(67)61-20-10-12-22-68(61)75)73(71(51)64)76(53-27-25-48(26-28-53)47-13-3-2-4-14-47)54-29-30-59-57-17-6-5-15-55(57)56-16-7-8-18-58(56)65(59)36-54/h2-22,25-30,36-39,44-46,49-52H,23-24,31-35,40-43H2,1H3. The Morgan fingerprint density at radius 2 is 0.961 bits per heavy atom. The van der Waals surface area contributed by atoms with E-state index in [4.69, 9.17) is 0 Å². The van der Waals surface area contributed by atoms with Gasteiger partial charge in [0.2, 0.25) is 0 Å². The van der Waals surface area contributed by atoms with Gasteiger partial charge in [0.05, 0.1) is 11.1 Å². The number of benzene rings is 10. The molecule has 4 atom stereocenters. The fourth-order valence-corrected chi connectivity index (χ4v) is 18.9. The summed E-state index contributed by atoms with van der Waals surface area (Å²) in [6.07, 6.45) is 14.9. The quantitative estimate of drug-likeness (QED) is 0.159. The van der Waals surface area contributed by atoms with Crippen LogP contribution < -0.4 is 4.90 Å². The van der Waals surface area contributed by atoms with Gasteiger partial charge in [0.15, 0.2) is 0 Å².